The summed E-state index contributed by atoms with van der Waals surface area (Å²) >= 11 is 0. The van der Waals surface area contributed by atoms with Crippen LogP contribution in [0.15, 0.2) is 0 Å². The lowest BCUT2D eigenvalue weighted by Gasteiger charge is -2.15. The van der Waals surface area contributed by atoms with Crippen LogP contribution in [0.4, 0.5) is 0 Å². The molecule has 0 atom stereocenters. The molecule has 1 rings (SSSR count). The molecule has 0 aliphatic carbocycles. The Morgan fingerprint density at radius 3 is 2.50 bits per heavy atom. The highest BCUT2D eigenvalue weighted by Crippen LogP contribution is 2.12. The van der Waals surface area contributed by atoms with Crippen molar-refractivity contribution in [3.63, 3.8) is 0 Å². The number of aryl methyl sites for hydroxylation is 2. The molecule has 16 heavy (non-hydrogen) atoms. The van der Waals surface area contributed by atoms with Gasteiger partial charge in [-0.25, -0.2) is 0 Å². The van der Waals surface area contributed by atoms with Crippen molar-refractivity contribution in [3.05, 3.63) is 17.0 Å². The number of aromatic nitrogens is 2. The Bertz CT molecular complexity index is 330. The van der Waals surface area contributed by atoms with Gasteiger partial charge in [0.05, 0.1) is 5.69 Å². The van der Waals surface area contributed by atoms with Gasteiger partial charge in [0.15, 0.2) is 0 Å². The van der Waals surface area contributed by atoms with Crippen molar-refractivity contribution in [2.45, 2.75) is 26.7 Å². The number of likely N-dealkylation sites (N-methyl/N-ethyl adjacent to an activating group) is 1. The summed E-state index contributed by atoms with van der Waals surface area (Å²) in [6, 6.07) is 0. The standard InChI is InChI=1S/C12H24N4/c1-10-12(11(2)16(4)14-10)6-9-15(3)8-5-7-13/h5-9,13H2,1-4H3. The second kappa shape index (κ2) is 6.01. The summed E-state index contributed by atoms with van der Waals surface area (Å²) < 4.78 is 1.96. The van der Waals surface area contributed by atoms with Gasteiger partial charge in [-0.2, -0.15) is 5.10 Å². The molecule has 0 saturated carbocycles. The number of hydrogen-bond acceptors (Lipinski definition) is 3. The SMILES string of the molecule is Cc1nn(C)c(C)c1CCN(C)CCCN. The molecular formula is C12H24N4. The average molecular weight is 224 g/mol. The van der Waals surface area contributed by atoms with E-state index >= 15 is 0 Å². The molecule has 0 aliphatic rings. The molecular weight excluding hydrogens is 200 g/mol. The summed E-state index contributed by atoms with van der Waals surface area (Å²) in [6.07, 6.45) is 2.15. The molecule has 4 nitrogen and oxygen atoms in total. The minimum absolute atomic E-state index is 0.773. The van der Waals surface area contributed by atoms with Crippen LogP contribution in [0.25, 0.3) is 0 Å². The first-order valence-corrected chi connectivity index (χ1v) is 5.94. The van der Waals surface area contributed by atoms with Gasteiger partial charge in [-0.05, 0) is 52.4 Å². The Balaban J connectivity index is 2.48. The molecule has 92 valence electrons. The summed E-state index contributed by atoms with van der Waals surface area (Å²) in [5, 5.41) is 4.43. The van der Waals surface area contributed by atoms with E-state index in [4.69, 9.17) is 5.73 Å². The van der Waals surface area contributed by atoms with Crippen LogP contribution in [-0.2, 0) is 13.5 Å². The normalized spacial score (nSPS) is 11.4. The molecule has 0 saturated heterocycles. The van der Waals surface area contributed by atoms with Gasteiger partial charge in [-0.15, -0.1) is 0 Å². The molecule has 1 heterocycles. The average Bonchev–Trinajstić information content (AvgIpc) is 2.48. The molecule has 0 amide bonds. The third kappa shape index (κ3) is 3.32. The molecule has 0 bridgehead atoms. The number of nitrogens with zero attached hydrogens (tertiary/aromatic N) is 3. The van der Waals surface area contributed by atoms with E-state index in [2.05, 4.69) is 30.9 Å². The van der Waals surface area contributed by atoms with Crippen molar-refractivity contribution < 1.29 is 0 Å². The van der Waals surface area contributed by atoms with E-state index < -0.39 is 0 Å². The summed E-state index contributed by atoms with van der Waals surface area (Å²) in [5.74, 6) is 0. The van der Waals surface area contributed by atoms with Crippen LogP contribution in [0.5, 0.6) is 0 Å². The Labute approximate surface area is 98.4 Å². The molecule has 4 heteroatoms. The van der Waals surface area contributed by atoms with Crippen LogP contribution in [0.3, 0.4) is 0 Å². The summed E-state index contributed by atoms with van der Waals surface area (Å²) in [5.41, 5.74) is 9.33. The lowest BCUT2D eigenvalue weighted by molar-refractivity contribution is 0.335. The topological polar surface area (TPSA) is 47.1 Å². The van der Waals surface area contributed by atoms with Crippen LogP contribution in [0.1, 0.15) is 23.4 Å². The Kier molecular flexibility index (Phi) is 4.96. The molecule has 1 aromatic heterocycles. The van der Waals surface area contributed by atoms with Gasteiger partial charge in [-0.1, -0.05) is 0 Å². The van der Waals surface area contributed by atoms with Crippen molar-refractivity contribution >= 4 is 0 Å². The number of hydrogen-bond donors (Lipinski definition) is 1. The summed E-state index contributed by atoms with van der Waals surface area (Å²) in [7, 11) is 4.15. The molecule has 0 radical (unpaired) electrons. The van der Waals surface area contributed by atoms with Crippen LogP contribution >= 0.6 is 0 Å². The van der Waals surface area contributed by atoms with Gasteiger partial charge in [-0.3, -0.25) is 4.68 Å². The molecule has 1 aromatic rings. The fourth-order valence-electron chi connectivity index (χ4n) is 1.95. The van der Waals surface area contributed by atoms with Crippen molar-refractivity contribution in [1.82, 2.24) is 14.7 Å². The largest absolute Gasteiger partial charge is 0.330 e. The van der Waals surface area contributed by atoms with Crippen molar-refractivity contribution in [3.8, 4) is 0 Å². The van der Waals surface area contributed by atoms with Crippen molar-refractivity contribution in [2.24, 2.45) is 12.8 Å². The fraction of sp³-hybridized carbons (Fsp3) is 0.750. The van der Waals surface area contributed by atoms with E-state index in [0.29, 0.717) is 0 Å². The lowest BCUT2D eigenvalue weighted by atomic mass is 10.1. The monoisotopic (exact) mass is 224 g/mol. The zero-order valence-electron chi connectivity index (χ0n) is 11.0. The molecule has 0 spiro atoms. The molecule has 0 aliphatic heterocycles. The minimum atomic E-state index is 0.773. The Morgan fingerprint density at radius 1 is 1.31 bits per heavy atom. The maximum Gasteiger partial charge on any atom is 0.0628 e. The number of rotatable bonds is 6. The van der Waals surface area contributed by atoms with E-state index in [0.717, 1.165) is 38.2 Å². The van der Waals surface area contributed by atoms with E-state index in [1.165, 1.54) is 11.3 Å². The molecule has 0 unspecified atom stereocenters. The summed E-state index contributed by atoms with van der Waals surface area (Å²) in [4.78, 5) is 2.33. The van der Waals surface area contributed by atoms with E-state index in [9.17, 15) is 0 Å². The van der Waals surface area contributed by atoms with Gasteiger partial charge < -0.3 is 10.6 Å². The third-order valence-electron chi connectivity index (χ3n) is 3.15. The minimum Gasteiger partial charge on any atom is -0.330 e. The molecule has 0 aromatic carbocycles. The van der Waals surface area contributed by atoms with Gasteiger partial charge in [0.2, 0.25) is 0 Å². The van der Waals surface area contributed by atoms with Gasteiger partial charge >= 0.3 is 0 Å². The van der Waals surface area contributed by atoms with Gasteiger partial charge in [0, 0.05) is 19.3 Å². The van der Waals surface area contributed by atoms with E-state index in [1.807, 2.05) is 11.7 Å². The summed E-state index contributed by atoms with van der Waals surface area (Å²) in [6.45, 7) is 7.15. The molecule has 2 N–H and O–H groups in total. The maximum atomic E-state index is 5.50. The Morgan fingerprint density at radius 2 is 2.00 bits per heavy atom. The van der Waals surface area contributed by atoms with Crippen LogP contribution in [-0.4, -0.2) is 41.4 Å². The zero-order valence-corrected chi connectivity index (χ0v) is 11.0. The second-order valence-electron chi connectivity index (χ2n) is 4.47. The van der Waals surface area contributed by atoms with Gasteiger partial charge in [0.25, 0.3) is 0 Å². The third-order valence-corrected chi connectivity index (χ3v) is 3.15. The van der Waals surface area contributed by atoms with Crippen LogP contribution in [0.2, 0.25) is 0 Å². The highest BCUT2D eigenvalue weighted by molar-refractivity contribution is 5.24. The quantitative estimate of drug-likeness (QED) is 0.779. The smallest absolute Gasteiger partial charge is 0.0628 e. The van der Waals surface area contributed by atoms with E-state index in [1.54, 1.807) is 0 Å². The van der Waals surface area contributed by atoms with Crippen LogP contribution < -0.4 is 5.73 Å². The van der Waals surface area contributed by atoms with Crippen molar-refractivity contribution in [2.75, 3.05) is 26.7 Å². The van der Waals surface area contributed by atoms with E-state index in [-0.39, 0.29) is 0 Å². The Hall–Kier alpha value is -0.870. The maximum absolute atomic E-state index is 5.50. The van der Waals surface area contributed by atoms with Gasteiger partial charge in [0.1, 0.15) is 0 Å². The lowest BCUT2D eigenvalue weighted by Crippen LogP contribution is -2.24. The predicted molar refractivity (Wildman–Crippen MR) is 67.6 cm³/mol. The second-order valence-corrected chi connectivity index (χ2v) is 4.47. The highest BCUT2D eigenvalue weighted by atomic mass is 15.3. The zero-order chi connectivity index (χ0) is 12.1. The molecule has 0 fully saturated rings. The van der Waals surface area contributed by atoms with Crippen LogP contribution in [0, 0.1) is 13.8 Å². The first-order chi connectivity index (χ1) is 7.56. The predicted octanol–water partition coefficient (Wildman–Crippen LogP) is 0.860. The first-order valence-electron chi connectivity index (χ1n) is 5.94. The highest BCUT2D eigenvalue weighted by Gasteiger charge is 2.09. The number of nitrogens with two attached hydrogens (primary N) is 1. The first kappa shape index (κ1) is 13.2. The van der Waals surface area contributed by atoms with Crippen molar-refractivity contribution in [1.29, 1.82) is 0 Å². The fourth-order valence-corrected chi connectivity index (χ4v) is 1.95.